The summed E-state index contributed by atoms with van der Waals surface area (Å²) in [5.74, 6) is -1.83. The Morgan fingerprint density at radius 2 is 1.81 bits per heavy atom. The number of likely N-dealkylation sites (tertiary alicyclic amines) is 1. The van der Waals surface area contributed by atoms with Gasteiger partial charge in [0.1, 0.15) is 18.6 Å². The van der Waals surface area contributed by atoms with E-state index < -0.39 is 30.0 Å². The van der Waals surface area contributed by atoms with Gasteiger partial charge in [-0.15, -0.1) is 0 Å². The lowest BCUT2D eigenvalue weighted by atomic mass is 10.0. The highest BCUT2D eigenvalue weighted by atomic mass is 16.4. The van der Waals surface area contributed by atoms with Gasteiger partial charge in [-0.05, 0) is 30.5 Å². The van der Waals surface area contributed by atoms with Crippen molar-refractivity contribution < 1.29 is 24.3 Å². The largest absolute Gasteiger partial charge is 0.480 e. The first-order chi connectivity index (χ1) is 15.4. The van der Waals surface area contributed by atoms with Gasteiger partial charge in [0, 0.05) is 13.0 Å². The number of para-hydroxylation sites is 2. The molecular formula is C23H24N4O5. The number of carbonyl (C=O) groups excluding carboxylic acids is 3. The van der Waals surface area contributed by atoms with E-state index in [-0.39, 0.29) is 18.9 Å². The van der Waals surface area contributed by atoms with Gasteiger partial charge in [0.05, 0.1) is 11.4 Å². The molecule has 4 amide bonds. The standard InChI is InChI=1S/C23H24N4O5/c28-20-14-27(18-10-5-4-9-16(18)24-20)23(32)25-17(13-15-7-2-1-3-8-15)21(29)26-12-6-11-19(26)22(30)31/h1-5,7-10,17,19H,6,11-14H2,(H,24,28)(H,25,32)(H,30,31)/t17-,19-/m0/s1. The lowest BCUT2D eigenvalue weighted by molar-refractivity contribution is -0.148. The zero-order valence-corrected chi connectivity index (χ0v) is 17.4. The minimum absolute atomic E-state index is 0.184. The van der Waals surface area contributed by atoms with Crippen LogP contribution in [0.1, 0.15) is 18.4 Å². The third kappa shape index (κ3) is 4.41. The molecule has 166 valence electrons. The lowest BCUT2D eigenvalue weighted by Gasteiger charge is -2.32. The van der Waals surface area contributed by atoms with Gasteiger partial charge in [-0.3, -0.25) is 14.5 Å². The van der Waals surface area contributed by atoms with Crippen molar-refractivity contribution in [2.45, 2.75) is 31.3 Å². The molecule has 1 saturated heterocycles. The topological polar surface area (TPSA) is 119 Å². The molecule has 2 heterocycles. The molecule has 1 fully saturated rings. The number of benzene rings is 2. The lowest BCUT2D eigenvalue weighted by Crippen LogP contribution is -2.56. The van der Waals surface area contributed by atoms with Crippen LogP contribution in [0.5, 0.6) is 0 Å². The Labute approximate surface area is 185 Å². The number of carboxylic acids is 1. The van der Waals surface area contributed by atoms with Crippen LogP contribution in [-0.2, 0) is 20.8 Å². The Balaban J connectivity index is 1.59. The Morgan fingerprint density at radius 1 is 1.09 bits per heavy atom. The van der Waals surface area contributed by atoms with Crippen LogP contribution < -0.4 is 15.5 Å². The van der Waals surface area contributed by atoms with Gasteiger partial charge in [0.25, 0.3) is 0 Å². The molecule has 9 nitrogen and oxygen atoms in total. The van der Waals surface area contributed by atoms with Crippen LogP contribution >= 0.6 is 0 Å². The second-order valence-corrected chi connectivity index (χ2v) is 7.87. The van der Waals surface area contributed by atoms with Crippen LogP contribution in [0.4, 0.5) is 16.2 Å². The molecule has 2 aliphatic rings. The number of carbonyl (C=O) groups is 4. The maximum Gasteiger partial charge on any atom is 0.326 e. The normalized spacial score (nSPS) is 18.5. The van der Waals surface area contributed by atoms with E-state index in [1.165, 1.54) is 9.80 Å². The van der Waals surface area contributed by atoms with E-state index in [9.17, 15) is 24.3 Å². The van der Waals surface area contributed by atoms with E-state index in [0.717, 1.165) is 5.56 Å². The molecule has 2 atom stereocenters. The maximum atomic E-state index is 13.3. The van der Waals surface area contributed by atoms with E-state index in [1.54, 1.807) is 24.3 Å². The summed E-state index contributed by atoms with van der Waals surface area (Å²) < 4.78 is 0. The van der Waals surface area contributed by atoms with Crippen LogP contribution in [0, 0.1) is 0 Å². The molecule has 0 unspecified atom stereocenters. The highest BCUT2D eigenvalue weighted by molar-refractivity contribution is 6.10. The average molecular weight is 436 g/mol. The van der Waals surface area contributed by atoms with Crippen molar-refractivity contribution in [3.63, 3.8) is 0 Å². The summed E-state index contributed by atoms with van der Waals surface area (Å²) >= 11 is 0. The molecule has 0 bridgehead atoms. The molecule has 3 N–H and O–H groups in total. The molecule has 4 rings (SSSR count). The number of anilines is 2. The molecule has 9 heteroatoms. The highest BCUT2D eigenvalue weighted by Gasteiger charge is 2.38. The van der Waals surface area contributed by atoms with Gasteiger partial charge >= 0.3 is 12.0 Å². The van der Waals surface area contributed by atoms with Gasteiger partial charge < -0.3 is 20.6 Å². The first-order valence-corrected chi connectivity index (χ1v) is 10.5. The first kappa shape index (κ1) is 21.4. The fourth-order valence-corrected chi connectivity index (χ4v) is 4.18. The minimum atomic E-state index is -1.05. The zero-order valence-electron chi connectivity index (χ0n) is 17.4. The number of urea groups is 1. The van der Waals surface area contributed by atoms with Crippen LogP contribution in [-0.4, -0.2) is 59.0 Å². The van der Waals surface area contributed by atoms with Gasteiger partial charge in [0.2, 0.25) is 11.8 Å². The van der Waals surface area contributed by atoms with Crippen LogP contribution in [0.15, 0.2) is 54.6 Å². The number of hydrogen-bond acceptors (Lipinski definition) is 4. The number of nitrogens with zero attached hydrogens (tertiary/aromatic N) is 2. The third-order valence-corrected chi connectivity index (χ3v) is 5.72. The van der Waals surface area contributed by atoms with E-state index in [2.05, 4.69) is 10.6 Å². The molecular weight excluding hydrogens is 412 g/mol. The molecule has 0 spiro atoms. The van der Waals surface area contributed by atoms with Crippen molar-refractivity contribution >= 4 is 35.2 Å². The van der Waals surface area contributed by atoms with E-state index in [4.69, 9.17) is 0 Å². The van der Waals surface area contributed by atoms with Gasteiger partial charge in [-0.1, -0.05) is 42.5 Å². The molecule has 0 radical (unpaired) electrons. The number of hydrogen-bond donors (Lipinski definition) is 3. The van der Waals surface area contributed by atoms with Crippen molar-refractivity contribution in [1.29, 1.82) is 0 Å². The van der Waals surface area contributed by atoms with Crippen LogP contribution in [0.25, 0.3) is 0 Å². The number of carboxylic acid groups (broad SMARTS) is 1. The molecule has 0 aromatic heterocycles. The number of rotatable bonds is 5. The van der Waals surface area contributed by atoms with Gasteiger partial charge in [0.15, 0.2) is 0 Å². The average Bonchev–Trinajstić information content (AvgIpc) is 3.28. The fraction of sp³-hybridized carbons (Fsp3) is 0.304. The van der Waals surface area contributed by atoms with Crippen molar-refractivity contribution in [3.8, 4) is 0 Å². The summed E-state index contributed by atoms with van der Waals surface area (Å²) in [6.07, 6.45) is 1.18. The smallest absolute Gasteiger partial charge is 0.326 e. The minimum Gasteiger partial charge on any atom is -0.480 e. The zero-order chi connectivity index (χ0) is 22.7. The van der Waals surface area contributed by atoms with Crippen molar-refractivity contribution in [1.82, 2.24) is 10.2 Å². The Hall–Kier alpha value is -3.88. The van der Waals surface area contributed by atoms with Crippen LogP contribution in [0.2, 0.25) is 0 Å². The molecule has 2 aliphatic heterocycles. The SMILES string of the molecule is O=C1CN(C(=O)N[C@@H](Cc2ccccc2)C(=O)N2CCC[C@H]2C(=O)O)c2ccccc2N1. The summed E-state index contributed by atoms with van der Waals surface area (Å²) in [5.41, 5.74) is 1.87. The third-order valence-electron chi connectivity index (χ3n) is 5.72. The number of amides is 4. The Morgan fingerprint density at radius 3 is 2.56 bits per heavy atom. The van der Waals surface area contributed by atoms with E-state index in [0.29, 0.717) is 30.8 Å². The summed E-state index contributed by atoms with van der Waals surface area (Å²) in [6.45, 7) is 0.141. The van der Waals surface area contributed by atoms with E-state index >= 15 is 0 Å². The predicted molar refractivity (Wildman–Crippen MR) is 117 cm³/mol. The highest BCUT2D eigenvalue weighted by Crippen LogP contribution is 2.29. The molecule has 2 aromatic carbocycles. The fourth-order valence-electron chi connectivity index (χ4n) is 4.18. The molecule has 0 saturated carbocycles. The Kier molecular flexibility index (Phi) is 6.07. The molecule has 2 aromatic rings. The quantitative estimate of drug-likeness (QED) is 0.661. The summed E-state index contributed by atoms with van der Waals surface area (Å²) in [7, 11) is 0. The summed E-state index contributed by atoms with van der Waals surface area (Å²) in [6, 6.07) is 13.7. The number of nitrogens with one attached hydrogen (secondary N) is 2. The van der Waals surface area contributed by atoms with Crippen molar-refractivity contribution in [2.24, 2.45) is 0 Å². The van der Waals surface area contributed by atoms with Gasteiger partial charge in [-0.25, -0.2) is 9.59 Å². The molecule has 32 heavy (non-hydrogen) atoms. The summed E-state index contributed by atoms with van der Waals surface area (Å²) in [4.78, 5) is 52.9. The Bertz CT molecular complexity index is 1040. The predicted octanol–water partition coefficient (Wildman–Crippen LogP) is 1.84. The van der Waals surface area contributed by atoms with E-state index in [1.807, 2.05) is 30.3 Å². The maximum absolute atomic E-state index is 13.3. The second kappa shape index (κ2) is 9.09. The first-order valence-electron chi connectivity index (χ1n) is 10.5. The number of aliphatic carboxylic acids is 1. The van der Waals surface area contributed by atoms with Crippen molar-refractivity contribution in [3.05, 3.63) is 60.2 Å². The van der Waals surface area contributed by atoms with Crippen molar-refractivity contribution in [2.75, 3.05) is 23.3 Å². The summed E-state index contributed by atoms with van der Waals surface area (Å²) in [5, 5.41) is 15.0. The number of fused-ring (bicyclic) bond motifs is 1. The second-order valence-electron chi connectivity index (χ2n) is 7.87. The van der Waals surface area contributed by atoms with Crippen LogP contribution in [0.3, 0.4) is 0 Å². The van der Waals surface area contributed by atoms with Gasteiger partial charge in [-0.2, -0.15) is 0 Å². The molecule has 0 aliphatic carbocycles. The monoisotopic (exact) mass is 436 g/mol.